The Kier molecular flexibility index (Phi) is 7.72. The van der Waals surface area contributed by atoms with Crippen LogP contribution in [0.15, 0.2) is 40.9 Å². The van der Waals surface area contributed by atoms with Gasteiger partial charge in [0, 0.05) is 48.2 Å². The highest BCUT2D eigenvalue weighted by atomic mass is 35.5. The van der Waals surface area contributed by atoms with E-state index in [0.29, 0.717) is 47.7 Å². The number of hydrogen-bond donors (Lipinski definition) is 0. The molecular weight excluding hydrogens is 567 g/mol. The molecule has 6 rings (SSSR count). The van der Waals surface area contributed by atoms with Crippen LogP contribution in [0.4, 0.5) is 10.1 Å². The van der Waals surface area contributed by atoms with Crippen LogP contribution < -0.4 is 4.90 Å². The standard InChI is InChI=1S/C31H34ClFN2O5S/c1-18-4-3-5-25(32)29(18)30-24(31(40-34-30)20-8-9-20)16-39-28-14-22-13-21(28)15-35(22)27-11-7-19(12-26(27)33)6-10-23(36)17-41(2,37)38/h3-5,7,11-12,20-22,28H,6,8-10,13-17H2,1-2H3/t21-,22-,28+/m0/s1. The SMILES string of the molecule is Cc1cccc(Cl)c1-c1noc(C2CC2)c1CO[C@@H]1C[C@@H]2C[C@H]1CN2c1ccc(CCC(=O)CS(C)(=O)=O)cc1F. The third kappa shape index (κ3) is 6.08. The number of aromatic nitrogens is 1. The molecule has 0 N–H and O–H groups in total. The Labute approximate surface area is 244 Å². The lowest BCUT2D eigenvalue weighted by Gasteiger charge is -2.33. The predicted molar refractivity (Wildman–Crippen MR) is 156 cm³/mol. The van der Waals surface area contributed by atoms with E-state index in [0.717, 1.165) is 60.1 Å². The molecule has 3 aromatic rings. The van der Waals surface area contributed by atoms with Crippen LogP contribution in [-0.2, 0) is 32.4 Å². The Balaban J connectivity index is 1.10. The lowest BCUT2D eigenvalue weighted by atomic mass is 10.00. The molecular formula is C31H34ClFN2O5S. The largest absolute Gasteiger partial charge is 0.373 e. The molecule has 2 bridgehead atoms. The van der Waals surface area contributed by atoms with E-state index in [1.54, 1.807) is 6.07 Å². The Morgan fingerprint density at radius 2 is 2.02 bits per heavy atom. The number of piperidine rings is 1. The first-order valence-corrected chi connectivity index (χ1v) is 16.6. The molecule has 218 valence electrons. The van der Waals surface area contributed by atoms with Gasteiger partial charge in [0.2, 0.25) is 0 Å². The fraction of sp³-hybridized carbons (Fsp3) is 0.484. The van der Waals surface area contributed by atoms with Crippen LogP contribution in [-0.4, -0.2) is 50.1 Å². The molecule has 2 saturated carbocycles. The molecule has 1 aliphatic heterocycles. The van der Waals surface area contributed by atoms with Gasteiger partial charge in [-0.15, -0.1) is 0 Å². The topological polar surface area (TPSA) is 89.7 Å². The molecule has 0 radical (unpaired) electrons. The molecule has 0 unspecified atom stereocenters. The maximum absolute atomic E-state index is 15.2. The van der Waals surface area contributed by atoms with E-state index in [2.05, 4.69) is 10.1 Å². The van der Waals surface area contributed by atoms with E-state index in [1.165, 1.54) is 6.07 Å². The normalized spacial score (nSPS) is 22.0. The minimum absolute atomic E-state index is 0.0709. The van der Waals surface area contributed by atoms with E-state index in [4.69, 9.17) is 20.9 Å². The van der Waals surface area contributed by atoms with Crippen molar-refractivity contribution in [3.8, 4) is 11.3 Å². The highest BCUT2D eigenvalue weighted by Gasteiger charge is 2.46. The van der Waals surface area contributed by atoms with Gasteiger partial charge in [-0.1, -0.05) is 35.0 Å². The summed E-state index contributed by atoms with van der Waals surface area (Å²) in [6.45, 7) is 3.14. The molecule has 2 aliphatic carbocycles. The van der Waals surface area contributed by atoms with E-state index in [-0.39, 0.29) is 30.2 Å². The number of carbonyl (C=O) groups excluding carboxylic acids is 1. The Bertz CT molecular complexity index is 1560. The molecule has 3 fully saturated rings. The monoisotopic (exact) mass is 600 g/mol. The van der Waals surface area contributed by atoms with Crippen LogP contribution in [0.1, 0.15) is 60.5 Å². The van der Waals surface area contributed by atoms with Gasteiger partial charge in [0.25, 0.3) is 0 Å². The van der Waals surface area contributed by atoms with E-state index >= 15 is 4.39 Å². The second-order valence-corrected chi connectivity index (χ2v) is 14.4. The van der Waals surface area contributed by atoms with Crippen molar-refractivity contribution in [1.29, 1.82) is 0 Å². The van der Waals surface area contributed by atoms with Gasteiger partial charge >= 0.3 is 0 Å². The Morgan fingerprint density at radius 1 is 1.22 bits per heavy atom. The summed E-state index contributed by atoms with van der Waals surface area (Å²) in [4.78, 5) is 14.0. The van der Waals surface area contributed by atoms with E-state index in [9.17, 15) is 13.2 Å². The molecule has 41 heavy (non-hydrogen) atoms. The Morgan fingerprint density at radius 3 is 2.68 bits per heavy atom. The molecule has 1 aromatic heterocycles. The second-order valence-electron chi connectivity index (χ2n) is 11.9. The number of ether oxygens (including phenoxy) is 1. The van der Waals surface area contributed by atoms with Gasteiger partial charge in [-0.3, -0.25) is 4.79 Å². The van der Waals surface area contributed by atoms with Crippen molar-refractivity contribution in [1.82, 2.24) is 5.16 Å². The van der Waals surface area contributed by atoms with Crippen molar-refractivity contribution in [3.63, 3.8) is 0 Å². The number of hydrogen-bond acceptors (Lipinski definition) is 7. The number of rotatable bonds is 11. The van der Waals surface area contributed by atoms with Crippen molar-refractivity contribution >= 4 is 32.9 Å². The van der Waals surface area contributed by atoms with Gasteiger partial charge in [0.15, 0.2) is 9.84 Å². The summed E-state index contributed by atoms with van der Waals surface area (Å²) in [6.07, 6.45) is 5.44. The van der Waals surface area contributed by atoms with Crippen molar-refractivity contribution in [2.24, 2.45) is 5.92 Å². The first-order valence-electron chi connectivity index (χ1n) is 14.2. The minimum Gasteiger partial charge on any atom is -0.373 e. The van der Waals surface area contributed by atoms with Crippen LogP contribution in [0.3, 0.4) is 0 Å². The number of carbonyl (C=O) groups is 1. The smallest absolute Gasteiger partial charge is 0.154 e. The summed E-state index contributed by atoms with van der Waals surface area (Å²) in [5.74, 6) is 0.433. The van der Waals surface area contributed by atoms with Crippen molar-refractivity contribution in [3.05, 3.63) is 69.7 Å². The van der Waals surface area contributed by atoms with Gasteiger partial charge in [-0.2, -0.15) is 0 Å². The van der Waals surface area contributed by atoms with Gasteiger partial charge in [-0.25, -0.2) is 12.8 Å². The Hall–Kier alpha value is -2.75. The molecule has 3 aliphatic rings. The third-order valence-corrected chi connectivity index (χ3v) is 9.74. The van der Waals surface area contributed by atoms with E-state index < -0.39 is 15.6 Å². The van der Waals surface area contributed by atoms with Crippen LogP contribution in [0.25, 0.3) is 11.3 Å². The fourth-order valence-corrected chi connectivity index (χ4v) is 7.48. The molecule has 7 nitrogen and oxygen atoms in total. The number of fused-ring (bicyclic) bond motifs is 2. The van der Waals surface area contributed by atoms with Crippen molar-refractivity contribution < 1.29 is 26.9 Å². The zero-order valence-corrected chi connectivity index (χ0v) is 24.8. The van der Waals surface area contributed by atoms with Gasteiger partial charge < -0.3 is 14.2 Å². The lowest BCUT2D eigenvalue weighted by Crippen LogP contribution is -2.39. The maximum atomic E-state index is 15.2. The summed E-state index contributed by atoms with van der Waals surface area (Å²) in [6, 6.07) is 11.1. The number of sulfone groups is 1. The summed E-state index contributed by atoms with van der Waals surface area (Å²) in [5, 5.41) is 5.08. The highest BCUT2D eigenvalue weighted by molar-refractivity contribution is 7.91. The lowest BCUT2D eigenvalue weighted by molar-refractivity contribution is -0.116. The zero-order valence-electron chi connectivity index (χ0n) is 23.2. The minimum atomic E-state index is -3.36. The fourth-order valence-electron chi connectivity index (χ4n) is 6.44. The summed E-state index contributed by atoms with van der Waals surface area (Å²) in [7, 11) is -3.36. The summed E-state index contributed by atoms with van der Waals surface area (Å²) >= 11 is 6.57. The number of aryl methyl sites for hydroxylation is 2. The number of Topliss-reactive ketones (excluding diaryl/α,β-unsaturated/α-hetero) is 1. The zero-order chi connectivity index (χ0) is 28.9. The quantitative estimate of drug-likeness (QED) is 0.265. The van der Waals surface area contributed by atoms with Crippen molar-refractivity contribution in [2.45, 2.75) is 70.1 Å². The number of halogens is 2. The average molecular weight is 601 g/mol. The van der Waals surface area contributed by atoms with Crippen LogP contribution in [0.5, 0.6) is 0 Å². The van der Waals surface area contributed by atoms with Crippen LogP contribution in [0, 0.1) is 18.7 Å². The number of anilines is 1. The van der Waals surface area contributed by atoms with Gasteiger partial charge in [0.1, 0.15) is 28.8 Å². The van der Waals surface area contributed by atoms with Crippen molar-refractivity contribution in [2.75, 3.05) is 23.5 Å². The molecule has 0 amide bonds. The molecule has 10 heteroatoms. The maximum Gasteiger partial charge on any atom is 0.154 e. The third-order valence-electron chi connectivity index (χ3n) is 8.58. The van der Waals surface area contributed by atoms with Gasteiger partial charge in [-0.05, 0) is 68.4 Å². The summed E-state index contributed by atoms with van der Waals surface area (Å²) in [5.41, 5.74) is 4.93. The average Bonchev–Trinajstić information content (AvgIpc) is 3.36. The summed E-state index contributed by atoms with van der Waals surface area (Å²) < 4.78 is 50.2. The van der Waals surface area contributed by atoms with E-state index in [1.807, 2.05) is 31.2 Å². The van der Waals surface area contributed by atoms with Gasteiger partial charge in [0.05, 0.1) is 23.4 Å². The predicted octanol–water partition coefficient (Wildman–Crippen LogP) is 6.05. The molecule has 3 atom stereocenters. The molecule has 0 spiro atoms. The molecule has 2 aromatic carbocycles. The van der Waals surface area contributed by atoms with Crippen LogP contribution in [0.2, 0.25) is 5.02 Å². The molecule has 1 saturated heterocycles. The highest BCUT2D eigenvalue weighted by Crippen LogP contribution is 2.47. The first-order chi connectivity index (χ1) is 19.6. The van der Waals surface area contributed by atoms with Crippen LogP contribution >= 0.6 is 11.6 Å². The number of benzene rings is 2. The molecule has 2 heterocycles. The second kappa shape index (κ2) is 11.2. The number of nitrogens with zero attached hydrogens (tertiary/aromatic N) is 2. The first kappa shape index (κ1) is 28.4. The number of ketones is 1.